The topological polar surface area (TPSA) is 89.7 Å². The van der Waals surface area contributed by atoms with Crippen LogP contribution in [0.15, 0.2) is 30.3 Å². The van der Waals surface area contributed by atoms with Crippen molar-refractivity contribution in [3.63, 3.8) is 0 Å². The van der Waals surface area contributed by atoms with Crippen LogP contribution in [-0.4, -0.2) is 41.7 Å². The molecule has 1 atom stereocenters. The molecule has 1 aromatic rings. The first kappa shape index (κ1) is 15.2. The van der Waals surface area contributed by atoms with E-state index < -0.39 is 17.4 Å². The molecule has 0 aromatic heterocycles. The van der Waals surface area contributed by atoms with Gasteiger partial charge in [0, 0.05) is 6.54 Å². The van der Waals surface area contributed by atoms with Crippen LogP contribution in [0.4, 0.5) is 0 Å². The molecule has 1 heterocycles. The van der Waals surface area contributed by atoms with E-state index in [1.54, 1.807) is 0 Å². The van der Waals surface area contributed by atoms with Gasteiger partial charge in [-0.15, -0.1) is 0 Å². The van der Waals surface area contributed by atoms with Gasteiger partial charge in [-0.1, -0.05) is 30.3 Å². The fourth-order valence-electron chi connectivity index (χ4n) is 2.53. The largest absolute Gasteiger partial charge is 0.459 e. The highest BCUT2D eigenvalue weighted by atomic mass is 16.5. The third-order valence-corrected chi connectivity index (χ3v) is 3.66. The van der Waals surface area contributed by atoms with E-state index in [2.05, 4.69) is 0 Å². The predicted octanol–water partition coefficient (Wildman–Crippen LogP) is 0.249. The van der Waals surface area contributed by atoms with Gasteiger partial charge in [0.25, 0.3) is 0 Å². The van der Waals surface area contributed by atoms with Gasteiger partial charge in [-0.05, 0) is 18.4 Å². The highest BCUT2D eigenvalue weighted by molar-refractivity contribution is 6.02. The summed E-state index contributed by atoms with van der Waals surface area (Å²) in [6.07, 6.45) is 1.35. The number of esters is 1. The summed E-state index contributed by atoms with van der Waals surface area (Å²) in [7, 11) is 0. The minimum atomic E-state index is -1.52. The highest BCUT2D eigenvalue weighted by Crippen LogP contribution is 2.29. The molecule has 1 aromatic carbocycles. The molecule has 6 nitrogen and oxygen atoms in total. The van der Waals surface area contributed by atoms with Crippen molar-refractivity contribution in [3.8, 4) is 0 Å². The minimum Gasteiger partial charge on any atom is -0.459 e. The molecule has 1 aliphatic heterocycles. The van der Waals surface area contributed by atoms with Gasteiger partial charge >= 0.3 is 5.97 Å². The molecule has 0 radical (unpaired) electrons. The molecule has 6 heteroatoms. The molecule has 0 aliphatic carbocycles. The van der Waals surface area contributed by atoms with Gasteiger partial charge in [-0.3, -0.25) is 4.79 Å². The van der Waals surface area contributed by atoms with Crippen LogP contribution in [-0.2, 0) is 25.7 Å². The smallest absolute Gasteiger partial charge is 0.339 e. The number of hydrogen-bond donors (Lipinski definition) is 1. The SMILES string of the molecule is NCC(=O)N1CCC[C@]1(C=O)C(=O)OCc1ccccc1. The fourth-order valence-corrected chi connectivity index (χ4v) is 2.53. The number of nitrogens with zero attached hydrogens (tertiary/aromatic N) is 1. The Morgan fingerprint density at radius 2 is 2.05 bits per heavy atom. The van der Waals surface area contributed by atoms with E-state index in [1.165, 1.54) is 4.90 Å². The molecule has 112 valence electrons. The summed E-state index contributed by atoms with van der Waals surface area (Å²) in [5.74, 6) is -1.11. The van der Waals surface area contributed by atoms with E-state index in [0.717, 1.165) is 5.56 Å². The van der Waals surface area contributed by atoms with E-state index in [-0.39, 0.29) is 19.6 Å². The Labute approximate surface area is 122 Å². The van der Waals surface area contributed by atoms with Gasteiger partial charge in [-0.25, -0.2) is 4.79 Å². The first-order valence-electron chi connectivity index (χ1n) is 6.82. The quantitative estimate of drug-likeness (QED) is 0.477. The summed E-state index contributed by atoms with van der Waals surface area (Å²) in [6.45, 7) is 0.177. The van der Waals surface area contributed by atoms with E-state index in [1.807, 2.05) is 30.3 Å². The Morgan fingerprint density at radius 3 is 2.67 bits per heavy atom. The van der Waals surface area contributed by atoms with Crippen LogP contribution in [0.5, 0.6) is 0 Å². The second-order valence-corrected chi connectivity index (χ2v) is 4.96. The third-order valence-electron chi connectivity index (χ3n) is 3.66. The molecule has 0 saturated carbocycles. The molecule has 1 amide bonds. The minimum absolute atomic E-state index is 0.0694. The Hall–Kier alpha value is -2.21. The number of ether oxygens (including phenoxy) is 1. The van der Waals surface area contributed by atoms with Crippen molar-refractivity contribution in [2.75, 3.05) is 13.1 Å². The lowest BCUT2D eigenvalue weighted by molar-refractivity contribution is -0.163. The van der Waals surface area contributed by atoms with Gasteiger partial charge in [0.1, 0.15) is 6.61 Å². The average Bonchev–Trinajstić information content (AvgIpc) is 2.98. The van der Waals surface area contributed by atoms with Gasteiger partial charge < -0.3 is 20.2 Å². The first-order chi connectivity index (χ1) is 10.1. The highest BCUT2D eigenvalue weighted by Gasteiger charge is 2.50. The van der Waals surface area contributed by atoms with Crippen molar-refractivity contribution in [1.29, 1.82) is 0 Å². The number of carbonyl (C=O) groups excluding carboxylic acids is 3. The van der Waals surface area contributed by atoms with Crippen molar-refractivity contribution < 1.29 is 19.1 Å². The summed E-state index contributed by atoms with van der Waals surface area (Å²) in [5.41, 5.74) is 4.63. The molecular weight excluding hydrogens is 272 g/mol. The predicted molar refractivity (Wildman–Crippen MR) is 75.0 cm³/mol. The number of nitrogens with two attached hydrogens (primary N) is 1. The molecule has 0 unspecified atom stereocenters. The molecule has 1 fully saturated rings. The van der Waals surface area contributed by atoms with Gasteiger partial charge in [0.2, 0.25) is 5.91 Å². The van der Waals surface area contributed by atoms with Gasteiger partial charge in [0.15, 0.2) is 11.8 Å². The van der Waals surface area contributed by atoms with Crippen molar-refractivity contribution in [2.45, 2.75) is 25.0 Å². The number of rotatable bonds is 5. The van der Waals surface area contributed by atoms with E-state index in [4.69, 9.17) is 10.5 Å². The zero-order valence-electron chi connectivity index (χ0n) is 11.7. The molecule has 0 bridgehead atoms. The van der Waals surface area contributed by atoms with Crippen LogP contribution in [0.25, 0.3) is 0 Å². The van der Waals surface area contributed by atoms with E-state index in [0.29, 0.717) is 19.3 Å². The summed E-state index contributed by atoms with van der Waals surface area (Å²) in [6, 6.07) is 9.16. The maximum Gasteiger partial charge on any atom is 0.339 e. The van der Waals surface area contributed by atoms with Crippen molar-refractivity contribution >= 4 is 18.2 Å². The van der Waals surface area contributed by atoms with Crippen LogP contribution in [0.1, 0.15) is 18.4 Å². The molecule has 2 N–H and O–H groups in total. The van der Waals surface area contributed by atoms with Crippen LogP contribution >= 0.6 is 0 Å². The normalized spacial score (nSPS) is 21.1. The number of likely N-dealkylation sites (tertiary alicyclic amines) is 1. The van der Waals surface area contributed by atoms with Gasteiger partial charge in [0.05, 0.1) is 6.54 Å². The molecule has 21 heavy (non-hydrogen) atoms. The zero-order chi connectivity index (χ0) is 15.3. The Morgan fingerprint density at radius 1 is 1.33 bits per heavy atom. The molecular formula is C15H18N2O4. The van der Waals surface area contributed by atoms with Crippen LogP contribution < -0.4 is 5.73 Å². The number of hydrogen-bond acceptors (Lipinski definition) is 5. The summed E-state index contributed by atoms with van der Waals surface area (Å²) in [5, 5.41) is 0. The monoisotopic (exact) mass is 290 g/mol. The van der Waals surface area contributed by atoms with E-state index >= 15 is 0 Å². The third kappa shape index (κ3) is 2.95. The van der Waals surface area contributed by atoms with Crippen LogP contribution in [0.2, 0.25) is 0 Å². The average molecular weight is 290 g/mol. The maximum absolute atomic E-state index is 12.3. The lowest BCUT2D eigenvalue weighted by Gasteiger charge is -2.31. The zero-order valence-corrected chi connectivity index (χ0v) is 11.7. The van der Waals surface area contributed by atoms with E-state index in [9.17, 15) is 14.4 Å². The summed E-state index contributed by atoms with van der Waals surface area (Å²) in [4.78, 5) is 36.8. The second-order valence-electron chi connectivity index (χ2n) is 4.96. The van der Waals surface area contributed by atoms with Crippen molar-refractivity contribution in [3.05, 3.63) is 35.9 Å². The standard InChI is InChI=1S/C15H18N2O4/c16-9-13(19)17-8-4-7-15(17,11-18)14(20)21-10-12-5-2-1-3-6-12/h1-3,5-6,11H,4,7-10,16H2/t15-/m0/s1. The Balaban J connectivity index is 2.10. The Kier molecular flexibility index (Phi) is 4.70. The number of carbonyl (C=O) groups is 3. The maximum atomic E-state index is 12.3. The van der Waals surface area contributed by atoms with Crippen molar-refractivity contribution in [1.82, 2.24) is 4.90 Å². The molecule has 1 aliphatic rings. The number of aldehydes is 1. The summed E-state index contributed by atoms with van der Waals surface area (Å²) < 4.78 is 5.23. The molecule has 1 saturated heterocycles. The lowest BCUT2D eigenvalue weighted by Crippen LogP contribution is -2.56. The summed E-state index contributed by atoms with van der Waals surface area (Å²) >= 11 is 0. The molecule has 0 spiro atoms. The lowest BCUT2D eigenvalue weighted by atomic mass is 9.98. The van der Waals surface area contributed by atoms with Crippen LogP contribution in [0.3, 0.4) is 0 Å². The van der Waals surface area contributed by atoms with Crippen LogP contribution in [0, 0.1) is 0 Å². The number of benzene rings is 1. The number of amides is 1. The van der Waals surface area contributed by atoms with Gasteiger partial charge in [-0.2, -0.15) is 0 Å². The fraction of sp³-hybridized carbons (Fsp3) is 0.400. The first-order valence-corrected chi connectivity index (χ1v) is 6.82. The molecule has 2 rings (SSSR count). The Bertz CT molecular complexity index is 532. The second kappa shape index (κ2) is 6.49. The van der Waals surface area contributed by atoms with Crippen molar-refractivity contribution in [2.24, 2.45) is 5.73 Å².